The number of halogens is 1. The smallest absolute Gasteiger partial charge is 0.410 e. The Balaban J connectivity index is 1.79. The average Bonchev–Trinajstić information content (AvgIpc) is 2.50. The molecule has 1 aliphatic heterocycles. The predicted molar refractivity (Wildman–Crippen MR) is 92.4 cm³/mol. The summed E-state index contributed by atoms with van der Waals surface area (Å²) < 4.78 is 11.1. The molecule has 2 rings (SSSR count). The second-order valence-corrected chi connectivity index (χ2v) is 7.32. The maximum atomic E-state index is 12.4. The fraction of sp³-hybridized carbons (Fsp3) is 0.706. The third-order valence-electron chi connectivity index (χ3n) is 3.79. The number of carbonyl (C=O) groups excluding carboxylic acids is 1. The number of aromatic nitrogens is 2. The lowest BCUT2D eigenvalue weighted by Gasteiger charge is -2.36. The summed E-state index contributed by atoms with van der Waals surface area (Å²) in [6, 6.07) is 1.89. The van der Waals surface area contributed by atoms with Crippen molar-refractivity contribution in [1.82, 2.24) is 14.9 Å². The topological polar surface area (TPSA) is 64.5 Å². The van der Waals surface area contributed by atoms with Gasteiger partial charge in [-0.3, -0.25) is 0 Å². The van der Waals surface area contributed by atoms with Crippen molar-refractivity contribution in [1.29, 1.82) is 0 Å². The van der Waals surface area contributed by atoms with E-state index in [1.807, 2.05) is 25.7 Å². The lowest BCUT2D eigenvalue weighted by atomic mass is 9.98. The molecule has 1 amide bonds. The molecular formula is C17H26ClN3O3. The predicted octanol–water partition coefficient (Wildman–Crippen LogP) is 4.08. The van der Waals surface area contributed by atoms with Gasteiger partial charge in [0.2, 0.25) is 11.2 Å². The van der Waals surface area contributed by atoms with Gasteiger partial charge >= 0.3 is 6.09 Å². The minimum Gasteiger partial charge on any atom is -0.478 e. The second kappa shape index (κ2) is 8.51. The maximum Gasteiger partial charge on any atom is 0.410 e. The first-order chi connectivity index (χ1) is 11.3. The molecular weight excluding hydrogens is 330 g/mol. The van der Waals surface area contributed by atoms with Crippen LogP contribution in [0.15, 0.2) is 12.3 Å². The summed E-state index contributed by atoms with van der Waals surface area (Å²) in [6.45, 7) is 6.98. The molecule has 1 saturated heterocycles. The number of ether oxygens (including phenoxy) is 2. The summed E-state index contributed by atoms with van der Waals surface area (Å²) in [7, 11) is 0. The second-order valence-electron chi connectivity index (χ2n) is 6.98. The van der Waals surface area contributed by atoms with Crippen molar-refractivity contribution < 1.29 is 14.3 Å². The fourth-order valence-corrected chi connectivity index (χ4v) is 2.90. The lowest BCUT2D eigenvalue weighted by molar-refractivity contribution is 0.00822. The largest absolute Gasteiger partial charge is 0.478 e. The zero-order valence-corrected chi connectivity index (χ0v) is 15.4. The van der Waals surface area contributed by atoms with Crippen molar-refractivity contribution in [3.63, 3.8) is 0 Å². The van der Waals surface area contributed by atoms with Crippen LogP contribution in [0.4, 0.5) is 4.79 Å². The minimum absolute atomic E-state index is 0.177. The van der Waals surface area contributed by atoms with E-state index in [4.69, 9.17) is 21.1 Å². The van der Waals surface area contributed by atoms with Crippen LogP contribution in [-0.2, 0) is 4.74 Å². The standard InChI is InChI=1S/C17H26ClN3O3/c1-17(2,3)24-16(22)21-11-5-4-7-13(21)8-6-12-23-14-9-10-19-15(18)20-14/h9-10,13H,4-8,11-12H2,1-3H3/t13-/m1/s1. The zero-order chi connectivity index (χ0) is 17.6. The number of hydrogen-bond acceptors (Lipinski definition) is 5. The SMILES string of the molecule is CC(C)(C)OC(=O)N1CCCC[C@@H]1CCCOc1ccnc(Cl)n1. The van der Waals surface area contributed by atoms with E-state index in [1.54, 1.807) is 12.3 Å². The Morgan fingerprint density at radius 3 is 2.92 bits per heavy atom. The molecule has 6 nitrogen and oxygen atoms in total. The summed E-state index contributed by atoms with van der Waals surface area (Å²) in [5.41, 5.74) is -0.464. The molecule has 0 radical (unpaired) electrons. The summed E-state index contributed by atoms with van der Waals surface area (Å²) in [5.74, 6) is 0.475. The van der Waals surface area contributed by atoms with Gasteiger partial charge in [-0.2, -0.15) is 4.98 Å². The van der Waals surface area contributed by atoms with Crippen molar-refractivity contribution in [3.05, 3.63) is 17.5 Å². The number of nitrogens with zero attached hydrogens (tertiary/aromatic N) is 3. The highest BCUT2D eigenvalue weighted by molar-refractivity contribution is 6.28. The van der Waals surface area contributed by atoms with Crippen LogP contribution in [0.1, 0.15) is 52.9 Å². The van der Waals surface area contributed by atoms with Crippen LogP contribution in [0, 0.1) is 0 Å². The normalized spacial score (nSPS) is 18.3. The van der Waals surface area contributed by atoms with E-state index in [1.165, 1.54) is 0 Å². The molecule has 0 aromatic carbocycles. The number of rotatable bonds is 5. The first kappa shape index (κ1) is 18.8. The summed E-state index contributed by atoms with van der Waals surface area (Å²) >= 11 is 5.73. The highest BCUT2D eigenvalue weighted by Gasteiger charge is 2.30. The zero-order valence-electron chi connectivity index (χ0n) is 14.6. The van der Waals surface area contributed by atoms with E-state index in [-0.39, 0.29) is 17.4 Å². The number of amides is 1. The van der Waals surface area contributed by atoms with E-state index in [9.17, 15) is 4.79 Å². The van der Waals surface area contributed by atoms with Gasteiger partial charge in [0.05, 0.1) is 6.61 Å². The van der Waals surface area contributed by atoms with Gasteiger partial charge in [-0.1, -0.05) is 0 Å². The molecule has 0 bridgehead atoms. The molecule has 0 unspecified atom stereocenters. The molecule has 7 heteroatoms. The summed E-state index contributed by atoms with van der Waals surface area (Å²) in [5, 5.41) is 0.177. The molecule has 1 aliphatic rings. The van der Waals surface area contributed by atoms with E-state index < -0.39 is 5.60 Å². The molecule has 0 saturated carbocycles. The molecule has 2 heterocycles. The third kappa shape index (κ3) is 6.15. The quantitative estimate of drug-likeness (QED) is 0.588. The highest BCUT2D eigenvalue weighted by Crippen LogP contribution is 2.23. The van der Waals surface area contributed by atoms with E-state index in [2.05, 4.69) is 9.97 Å². The maximum absolute atomic E-state index is 12.4. The van der Waals surface area contributed by atoms with Gasteiger partial charge in [0, 0.05) is 24.8 Å². The number of carbonyl (C=O) groups is 1. The Hall–Kier alpha value is -1.56. The number of likely N-dealkylation sites (tertiary alicyclic amines) is 1. The molecule has 0 aliphatic carbocycles. The molecule has 1 aromatic rings. The fourth-order valence-electron chi connectivity index (χ4n) is 2.76. The Bertz CT molecular complexity index is 548. The van der Waals surface area contributed by atoms with Gasteiger partial charge in [-0.15, -0.1) is 0 Å². The first-order valence-corrected chi connectivity index (χ1v) is 8.84. The summed E-state index contributed by atoms with van der Waals surface area (Å²) in [4.78, 5) is 22.0. The molecule has 1 aromatic heterocycles. The van der Waals surface area contributed by atoms with E-state index in [0.717, 1.165) is 38.6 Å². The van der Waals surface area contributed by atoms with Crippen molar-refractivity contribution in [2.24, 2.45) is 0 Å². The Labute approximate surface area is 148 Å². The minimum atomic E-state index is -0.464. The molecule has 1 fully saturated rings. The van der Waals surface area contributed by atoms with Gasteiger partial charge in [0.25, 0.3) is 0 Å². The van der Waals surface area contributed by atoms with E-state index in [0.29, 0.717) is 12.5 Å². The molecule has 0 spiro atoms. The molecule has 0 N–H and O–H groups in total. The van der Waals surface area contributed by atoms with Gasteiger partial charge in [0.1, 0.15) is 5.60 Å². The Morgan fingerprint density at radius 2 is 2.21 bits per heavy atom. The monoisotopic (exact) mass is 355 g/mol. The van der Waals surface area contributed by atoms with Crippen LogP contribution in [0.25, 0.3) is 0 Å². The van der Waals surface area contributed by atoms with Gasteiger partial charge in [0.15, 0.2) is 0 Å². The lowest BCUT2D eigenvalue weighted by Crippen LogP contribution is -2.46. The average molecular weight is 356 g/mol. The highest BCUT2D eigenvalue weighted by atomic mass is 35.5. The molecule has 1 atom stereocenters. The van der Waals surface area contributed by atoms with Crippen LogP contribution in [0.2, 0.25) is 5.28 Å². The molecule has 134 valence electrons. The van der Waals surface area contributed by atoms with Crippen LogP contribution >= 0.6 is 11.6 Å². The first-order valence-electron chi connectivity index (χ1n) is 8.46. The number of piperidine rings is 1. The Morgan fingerprint density at radius 1 is 1.42 bits per heavy atom. The van der Waals surface area contributed by atoms with E-state index >= 15 is 0 Å². The van der Waals surface area contributed by atoms with Crippen molar-refractivity contribution in [2.75, 3.05) is 13.2 Å². The van der Waals surface area contributed by atoms with Gasteiger partial charge in [-0.05, 0) is 64.5 Å². The van der Waals surface area contributed by atoms with Crippen LogP contribution in [-0.4, -0.2) is 45.8 Å². The van der Waals surface area contributed by atoms with Crippen LogP contribution in [0.5, 0.6) is 5.88 Å². The third-order valence-corrected chi connectivity index (χ3v) is 3.97. The van der Waals surface area contributed by atoms with Crippen LogP contribution < -0.4 is 4.74 Å². The summed E-state index contributed by atoms with van der Waals surface area (Å²) in [6.07, 6.45) is 6.27. The molecule has 24 heavy (non-hydrogen) atoms. The Kier molecular flexibility index (Phi) is 6.66. The van der Waals surface area contributed by atoms with Crippen molar-refractivity contribution in [3.8, 4) is 5.88 Å². The van der Waals surface area contributed by atoms with Gasteiger partial charge in [-0.25, -0.2) is 9.78 Å². The van der Waals surface area contributed by atoms with Gasteiger partial charge < -0.3 is 14.4 Å². The van der Waals surface area contributed by atoms with Crippen molar-refractivity contribution >= 4 is 17.7 Å². The number of hydrogen-bond donors (Lipinski definition) is 0. The van der Waals surface area contributed by atoms with Crippen LogP contribution in [0.3, 0.4) is 0 Å². The van der Waals surface area contributed by atoms with Crippen molar-refractivity contribution in [2.45, 2.75) is 64.5 Å².